The zero-order valence-corrected chi connectivity index (χ0v) is 11.3. The summed E-state index contributed by atoms with van der Waals surface area (Å²) in [7, 11) is 2.25. The van der Waals surface area contributed by atoms with Gasteiger partial charge in [-0.2, -0.15) is 0 Å². The number of nitrogens with zero attached hydrogens (tertiary/aromatic N) is 1. The molecule has 1 aliphatic heterocycles. The Bertz CT molecular complexity index is 241. The minimum absolute atomic E-state index is 0.114. The molecule has 0 amide bonds. The Kier molecular flexibility index (Phi) is 3.60. The lowest BCUT2D eigenvalue weighted by molar-refractivity contribution is -0.0616. The van der Waals surface area contributed by atoms with Crippen molar-refractivity contribution in [2.24, 2.45) is 11.8 Å². The summed E-state index contributed by atoms with van der Waals surface area (Å²) in [5.74, 6) is 1.95. The van der Waals surface area contributed by atoms with E-state index in [4.69, 9.17) is 4.74 Å². The number of likely N-dealkylation sites (tertiary alicyclic amines) is 1. The van der Waals surface area contributed by atoms with E-state index < -0.39 is 0 Å². The van der Waals surface area contributed by atoms with Crippen molar-refractivity contribution in [3.63, 3.8) is 0 Å². The second kappa shape index (κ2) is 4.66. The quantitative estimate of drug-likeness (QED) is 0.689. The van der Waals surface area contributed by atoms with Crippen molar-refractivity contribution in [2.75, 3.05) is 20.2 Å². The van der Waals surface area contributed by atoms with Gasteiger partial charge in [-0.1, -0.05) is 20.3 Å². The summed E-state index contributed by atoms with van der Waals surface area (Å²) in [6, 6.07) is 0.702. The first kappa shape index (κ1) is 12.4. The van der Waals surface area contributed by atoms with Crippen LogP contribution < -0.4 is 0 Å². The SMILES string of the molecule is CCCC(C)(CC)OC[C@@H]1[C@@H]2C[C@@H]2CN1C. The maximum absolute atomic E-state index is 6.23. The lowest BCUT2D eigenvalue weighted by Crippen LogP contribution is -2.38. The van der Waals surface area contributed by atoms with Crippen LogP contribution in [0.3, 0.4) is 0 Å². The first-order valence-corrected chi connectivity index (χ1v) is 6.94. The topological polar surface area (TPSA) is 12.5 Å². The van der Waals surface area contributed by atoms with E-state index in [-0.39, 0.29) is 5.60 Å². The average Bonchev–Trinajstić information content (AvgIpc) is 2.92. The molecule has 0 aromatic carbocycles. The number of rotatable bonds is 6. The smallest absolute Gasteiger partial charge is 0.0652 e. The van der Waals surface area contributed by atoms with Crippen molar-refractivity contribution in [2.45, 2.75) is 58.1 Å². The highest BCUT2D eigenvalue weighted by Crippen LogP contribution is 2.49. The fourth-order valence-electron chi connectivity index (χ4n) is 3.20. The van der Waals surface area contributed by atoms with E-state index in [2.05, 4.69) is 32.7 Å². The molecule has 2 fully saturated rings. The average molecular weight is 225 g/mol. The highest BCUT2D eigenvalue weighted by Gasteiger charge is 2.51. The Labute approximate surface area is 100 Å². The van der Waals surface area contributed by atoms with Gasteiger partial charge in [0, 0.05) is 12.6 Å². The van der Waals surface area contributed by atoms with Crippen LogP contribution in [-0.2, 0) is 4.74 Å². The highest BCUT2D eigenvalue weighted by molar-refractivity contribution is 5.03. The third kappa shape index (κ3) is 2.43. The van der Waals surface area contributed by atoms with Gasteiger partial charge in [-0.05, 0) is 45.1 Å². The number of piperidine rings is 1. The van der Waals surface area contributed by atoms with Crippen molar-refractivity contribution in [3.8, 4) is 0 Å². The van der Waals surface area contributed by atoms with E-state index >= 15 is 0 Å². The standard InChI is InChI=1S/C14H27NO/c1-5-7-14(3,6-2)16-10-13-12-8-11(12)9-15(13)4/h11-13H,5-10H2,1-4H3/t11-,12-,13-,14?/m1/s1. The molecule has 1 unspecified atom stereocenters. The van der Waals surface area contributed by atoms with Gasteiger partial charge in [0.1, 0.15) is 0 Å². The summed E-state index contributed by atoms with van der Waals surface area (Å²) in [6.45, 7) is 9.01. The lowest BCUT2D eigenvalue weighted by atomic mass is 9.97. The molecule has 0 bridgehead atoms. The van der Waals surface area contributed by atoms with Crippen molar-refractivity contribution < 1.29 is 4.74 Å². The van der Waals surface area contributed by atoms with Crippen molar-refractivity contribution in [1.82, 2.24) is 4.90 Å². The Balaban J connectivity index is 1.81. The van der Waals surface area contributed by atoms with E-state index in [1.165, 1.54) is 25.8 Å². The van der Waals surface area contributed by atoms with Crippen molar-refractivity contribution in [1.29, 1.82) is 0 Å². The molecule has 1 heterocycles. The van der Waals surface area contributed by atoms with Crippen LogP contribution in [0.15, 0.2) is 0 Å². The number of likely N-dealkylation sites (N-methyl/N-ethyl adjacent to an activating group) is 1. The monoisotopic (exact) mass is 225 g/mol. The zero-order valence-electron chi connectivity index (χ0n) is 11.3. The van der Waals surface area contributed by atoms with Crippen LogP contribution in [-0.4, -0.2) is 36.7 Å². The van der Waals surface area contributed by atoms with Gasteiger partial charge in [-0.25, -0.2) is 0 Å². The predicted octanol–water partition coefficient (Wildman–Crippen LogP) is 2.92. The fourth-order valence-corrected chi connectivity index (χ4v) is 3.20. The maximum Gasteiger partial charge on any atom is 0.0652 e. The minimum Gasteiger partial charge on any atom is -0.374 e. The molecule has 0 N–H and O–H groups in total. The molecule has 1 aliphatic carbocycles. The van der Waals surface area contributed by atoms with Crippen LogP contribution >= 0.6 is 0 Å². The molecule has 4 atom stereocenters. The Hall–Kier alpha value is -0.0800. The Morgan fingerprint density at radius 2 is 2.12 bits per heavy atom. The summed E-state index contributed by atoms with van der Waals surface area (Å²) in [4.78, 5) is 2.50. The molecule has 1 saturated heterocycles. The molecule has 0 radical (unpaired) electrons. The maximum atomic E-state index is 6.23. The Morgan fingerprint density at radius 1 is 1.38 bits per heavy atom. The number of hydrogen-bond acceptors (Lipinski definition) is 2. The molecule has 2 rings (SSSR count). The molecule has 94 valence electrons. The van der Waals surface area contributed by atoms with Crippen LogP contribution in [0, 0.1) is 11.8 Å². The molecule has 0 aromatic rings. The number of hydrogen-bond donors (Lipinski definition) is 0. The van der Waals surface area contributed by atoms with Crippen LogP contribution in [0.25, 0.3) is 0 Å². The van der Waals surface area contributed by atoms with Gasteiger partial charge in [0.25, 0.3) is 0 Å². The summed E-state index contributed by atoms with van der Waals surface area (Å²) in [5, 5.41) is 0. The number of fused-ring (bicyclic) bond motifs is 1. The third-order valence-corrected chi connectivity index (χ3v) is 4.69. The number of ether oxygens (including phenoxy) is 1. The molecule has 2 aliphatic rings. The lowest BCUT2D eigenvalue weighted by Gasteiger charge is -2.32. The molecule has 16 heavy (non-hydrogen) atoms. The van der Waals surface area contributed by atoms with E-state index in [9.17, 15) is 0 Å². The molecule has 1 saturated carbocycles. The van der Waals surface area contributed by atoms with E-state index in [1.54, 1.807) is 0 Å². The highest BCUT2D eigenvalue weighted by atomic mass is 16.5. The van der Waals surface area contributed by atoms with Gasteiger partial charge in [0.15, 0.2) is 0 Å². The van der Waals surface area contributed by atoms with Gasteiger partial charge in [-0.3, -0.25) is 0 Å². The molecule has 0 aromatic heterocycles. The molecule has 2 nitrogen and oxygen atoms in total. The Morgan fingerprint density at radius 3 is 2.62 bits per heavy atom. The van der Waals surface area contributed by atoms with E-state index in [0.717, 1.165) is 24.9 Å². The van der Waals surface area contributed by atoms with Gasteiger partial charge < -0.3 is 9.64 Å². The first-order chi connectivity index (χ1) is 7.59. The predicted molar refractivity (Wildman–Crippen MR) is 67.6 cm³/mol. The molecule has 2 heteroatoms. The molecule has 0 spiro atoms. The summed E-state index contributed by atoms with van der Waals surface area (Å²) < 4.78 is 6.23. The molecular formula is C14H27NO. The van der Waals surface area contributed by atoms with Crippen molar-refractivity contribution in [3.05, 3.63) is 0 Å². The van der Waals surface area contributed by atoms with Crippen LogP contribution in [0.4, 0.5) is 0 Å². The minimum atomic E-state index is 0.114. The zero-order chi connectivity index (χ0) is 11.8. The largest absolute Gasteiger partial charge is 0.374 e. The first-order valence-electron chi connectivity index (χ1n) is 6.94. The van der Waals surface area contributed by atoms with Crippen LogP contribution in [0.5, 0.6) is 0 Å². The van der Waals surface area contributed by atoms with Gasteiger partial charge in [0.05, 0.1) is 12.2 Å². The van der Waals surface area contributed by atoms with Crippen LogP contribution in [0.1, 0.15) is 46.5 Å². The van der Waals surface area contributed by atoms with Crippen molar-refractivity contribution >= 4 is 0 Å². The van der Waals surface area contributed by atoms with E-state index in [0.29, 0.717) is 6.04 Å². The van der Waals surface area contributed by atoms with E-state index in [1.807, 2.05) is 0 Å². The van der Waals surface area contributed by atoms with Gasteiger partial charge >= 0.3 is 0 Å². The third-order valence-electron chi connectivity index (χ3n) is 4.69. The normalized spacial score (nSPS) is 37.1. The molecular weight excluding hydrogens is 198 g/mol. The van der Waals surface area contributed by atoms with Gasteiger partial charge in [0.2, 0.25) is 0 Å². The summed E-state index contributed by atoms with van der Waals surface area (Å²) in [5.41, 5.74) is 0.114. The van der Waals surface area contributed by atoms with Crippen LogP contribution in [0.2, 0.25) is 0 Å². The fraction of sp³-hybridized carbons (Fsp3) is 1.00. The summed E-state index contributed by atoms with van der Waals surface area (Å²) in [6.07, 6.45) is 4.99. The summed E-state index contributed by atoms with van der Waals surface area (Å²) >= 11 is 0. The van der Waals surface area contributed by atoms with Gasteiger partial charge in [-0.15, -0.1) is 0 Å². The second-order valence-electron chi connectivity index (χ2n) is 6.03. The second-order valence-corrected chi connectivity index (χ2v) is 6.03.